The number of hydrogen-bond acceptors (Lipinski definition) is 3. The van der Waals surface area contributed by atoms with Crippen molar-refractivity contribution in [1.29, 1.82) is 0 Å². The van der Waals surface area contributed by atoms with Crippen LogP contribution in [0.15, 0.2) is 24.3 Å². The SMILES string of the molecule is CCCc1ccccc1OS(=O)(=O)O. The fourth-order valence-corrected chi connectivity index (χ4v) is 1.56. The Kier molecular flexibility index (Phi) is 3.49. The van der Waals surface area contributed by atoms with Gasteiger partial charge in [-0.25, -0.2) is 0 Å². The van der Waals surface area contributed by atoms with Gasteiger partial charge in [-0.2, -0.15) is 8.42 Å². The molecule has 5 heteroatoms. The minimum atomic E-state index is -4.42. The standard InChI is InChI=1S/C9H12O4S/c1-2-5-8-6-3-4-7-9(8)13-14(10,11)12/h3-4,6-7H,2,5H2,1H3,(H,10,11,12). The van der Waals surface area contributed by atoms with E-state index >= 15 is 0 Å². The van der Waals surface area contributed by atoms with E-state index in [4.69, 9.17) is 4.55 Å². The maximum absolute atomic E-state index is 10.5. The maximum Gasteiger partial charge on any atom is 0.446 e. The Labute approximate surface area is 83.5 Å². The molecule has 0 radical (unpaired) electrons. The molecule has 1 aromatic rings. The van der Waals surface area contributed by atoms with Crippen LogP contribution in [0.3, 0.4) is 0 Å². The Balaban J connectivity index is 2.95. The predicted molar refractivity (Wildman–Crippen MR) is 52.6 cm³/mol. The smallest absolute Gasteiger partial charge is 0.362 e. The lowest BCUT2D eigenvalue weighted by atomic mass is 10.1. The Hall–Kier alpha value is -1.07. The minimum Gasteiger partial charge on any atom is -0.362 e. The van der Waals surface area contributed by atoms with Crippen molar-refractivity contribution in [1.82, 2.24) is 0 Å². The van der Waals surface area contributed by atoms with Crippen LogP contribution in [0.5, 0.6) is 5.75 Å². The maximum atomic E-state index is 10.5. The third-order valence-corrected chi connectivity index (χ3v) is 2.08. The number of benzene rings is 1. The van der Waals surface area contributed by atoms with E-state index < -0.39 is 10.4 Å². The molecule has 0 aromatic heterocycles. The molecule has 0 aliphatic heterocycles. The van der Waals surface area contributed by atoms with E-state index in [2.05, 4.69) is 4.18 Å². The van der Waals surface area contributed by atoms with Crippen LogP contribution in [0.4, 0.5) is 0 Å². The van der Waals surface area contributed by atoms with Crippen molar-refractivity contribution < 1.29 is 17.2 Å². The van der Waals surface area contributed by atoms with Gasteiger partial charge in [0.15, 0.2) is 0 Å². The molecule has 0 saturated carbocycles. The normalized spacial score (nSPS) is 11.3. The van der Waals surface area contributed by atoms with E-state index in [0.29, 0.717) is 6.42 Å². The van der Waals surface area contributed by atoms with Gasteiger partial charge in [-0.3, -0.25) is 4.55 Å². The summed E-state index contributed by atoms with van der Waals surface area (Å²) in [6.45, 7) is 1.98. The minimum absolute atomic E-state index is 0.192. The largest absolute Gasteiger partial charge is 0.446 e. The second kappa shape index (κ2) is 4.43. The van der Waals surface area contributed by atoms with Crippen molar-refractivity contribution in [2.45, 2.75) is 19.8 Å². The number of hydrogen-bond donors (Lipinski definition) is 1. The fourth-order valence-electron chi connectivity index (χ4n) is 1.17. The van der Waals surface area contributed by atoms with E-state index in [0.717, 1.165) is 12.0 Å². The van der Waals surface area contributed by atoms with Crippen molar-refractivity contribution in [2.75, 3.05) is 0 Å². The van der Waals surface area contributed by atoms with Crippen LogP contribution >= 0.6 is 0 Å². The molecule has 0 aliphatic carbocycles. The second-order valence-corrected chi connectivity index (χ2v) is 3.89. The van der Waals surface area contributed by atoms with Gasteiger partial charge in [-0.15, -0.1) is 0 Å². The molecule has 0 atom stereocenters. The van der Waals surface area contributed by atoms with Crippen molar-refractivity contribution in [3.63, 3.8) is 0 Å². The Morgan fingerprint density at radius 1 is 1.36 bits per heavy atom. The molecule has 4 nitrogen and oxygen atoms in total. The summed E-state index contributed by atoms with van der Waals surface area (Å²) in [5.74, 6) is 0.192. The molecule has 0 spiro atoms. The molecule has 0 amide bonds. The van der Waals surface area contributed by atoms with Gasteiger partial charge in [0.1, 0.15) is 5.75 Å². The quantitative estimate of drug-likeness (QED) is 0.780. The first-order valence-electron chi connectivity index (χ1n) is 4.27. The van der Waals surface area contributed by atoms with Crippen molar-refractivity contribution >= 4 is 10.4 Å². The third-order valence-electron chi connectivity index (χ3n) is 1.69. The van der Waals surface area contributed by atoms with Crippen LogP contribution in [-0.2, 0) is 16.8 Å². The van der Waals surface area contributed by atoms with E-state index in [1.54, 1.807) is 18.2 Å². The summed E-state index contributed by atoms with van der Waals surface area (Å²) in [5, 5.41) is 0. The molecular formula is C9H12O4S. The van der Waals surface area contributed by atoms with Crippen LogP contribution in [0, 0.1) is 0 Å². The molecule has 78 valence electrons. The zero-order chi connectivity index (χ0) is 10.6. The highest BCUT2D eigenvalue weighted by molar-refractivity contribution is 7.81. The molecule has 0 saturated heterocycles. The Bertz CT molecular complexity index is 397. The lowest BCUT2D eigenvalue weighted by molar-refractivity contribution is 0.385. The molecular weight excluding hydrogens is 204 g/mol. The van der Waals surface area contributed by atoms with Gasteiger partial charge < -0.3 is 4.18 Å². The fraction of sp³-hybridized carbons (Fsp3) is 0.333. The van der Waals surface area contributed by atoms with E-state index in [9.17, 15) is 8.42 Å². The summed E-state index contributed by atoms with van der Waals surface area (Å²) in [7, 11) is -4.42. The first-order valence-corrected chi connectivity index (χ1v) is 5.64. The summed E-state index contributed by atoms with van der Waals surface area (Å²) in [5.41, 5.74) is 0.771. The molecule has 0 fully saturated rings. The number of aryl methyl sites for hydroxylation is 1. The summed E-state index contributed by atoms with van der Waals surface area (Å²) >= 11 is 0. The van der Waals surface area contributed by atoms with Crippen LogP contribution in [0.25, 0.3) is 0 Å². The highest BCUT2D eigenvalue weighted by atomic mass is 32.3. The van der Waals surface area contributed by atoms with Gasteiger partial charge in [0.05, 0.1) is 0 Å². The zero-order valence-electron chi connectivity index (χ0n) is 7.80. The molecule has 1 aromatic carbocycles. The highest BCUT2D eigenvalue weighted by Gasteiger charge is 2.09. The van der Waals surface area contributed by atoms with E-state index in [1.807, 2.05) is 6.92 Å². The first-order chi connectivity index (χ1) is 6.53. The third kappa shape index (κ3) is 3.35. The number of para-hydroxylation sites is 1. The highest BCUT2D eigenvalue weighted by Crippen LogP contribution is 2.20. The molecule has 14 heavy (non-hydrogen) atoms. The number of rotatable bonds is 4. The van der Waals surface area contributed by atoms with Gasteiger partial charge in [-0.05, 0) is 18.1 Å². The molecule has 0 bridgehead atoms. The van der Waals surface area contributed by atoms with Gasteiger partial charge in [0.25, 0.3) is 0 Å². The molecule has 1 N–H and O–H groups in total. The zero-order valence-corrected chi connectivity index (χ0v) is 8.62. The molecule has 0 unspecified atom stereocenters. The van der Waals surface area contributed by atoms with Crippen LogP contribution in [0.1, 0.15) is 18.9 Å². The topological polar surface area (TPSA) is 63.6 Å². The lowest BCUT2D eigenvalue weighted by Crippen LogP contribution is -2.08. The monoisotopic (exact) mass is 216 g/mol. The average molecular weight is 216 g/mol. The Morgan fingerprint density at radius 3 is 2.57 bits per heavy atom. The summed E-state index contributed by atoms with van der Waals surface area (Å²) in [6.07, 6.45) is 1.59. The van der Waals surface area contributed by atoms with Crippen molar-refractivity contribution in [3.8, 4) is 5.75 Å². The summed E-state index contributed by atoms with van der Waals surface area (Å²) in [4.78, 5) is 0. The summed E-state index contributed by atoms with van der Waals surface area (Å²) in [6, 6.07) is 6.73. The first kappa shape index (κ1) is 11.0. The van der Waals surface area contributed by atoms with Gasteiger partial charge in [0.2, 0.25) is 0 Å². The molecule has 1 rings (SSSR count). The van der Waals surface area contributed by atoms with Crippen molar-refractivity contribution in [3.05, 3.63) is 29.8 Å². The van der Waals surface area contributed by atoms with Gasteiger partial charge >= 0.3 is 10.4 Å². The van der Waals surface area contributed by atoms with E-state index in [-0.39, 0.29) is 5.75 Å². The summed E-state index contributed by atoms with van der Waals surface area (Å²) < 4.78 is 33.9. The van der Waals surface area contributed by atoms with Gasteiger partial charge in [0, 0.05) is 0 Å². The van der Waals surface area contributed by atoms with Crippen LogP contribution in [-0.4, -0.2) is 13.0 Å². The molecule has 0 heterocycles. The molecule has 0 aliphatic rings. The Morgan fingerprint density at radius 2 is 2.00 bits per heavy atom. The predicted octanol–water partition coefficient (Wildman–Crippen LogP) is 1.82. The van der Waals surface area contributed by atoms with Crippen LogP contribution in [0.2, 0.25) is 0 Å². The van der Waals surface area contributed by atoms with Crippen LogP contribution < -0.4 is 4.18 Å². The lowest BCUT2D eigenvalue weighted by Gasteiger charge is -2.06. The second-order valence-electron chi connectivity index (χ2n) is 2.87. The van der Waals surface area contributed by atoms with Gasteiger partial charge in [-0.1, -0.05) is 31.5 Å². The van der Waals surface area contributed by atoms with Crippen molar-refractivity contribution in [2.24, 2.45) is 0 Å². The average Bonchev–Trinajstić information content (AvgIpc) is 2.06. The van der Waals surface area contributed by atoms with E-state index in [1.165, 1.54) is 6.07 Å².